The topological polar surface area (TPSA) is 92.2 Å². The molecule has 1 aromatic carbocycles. The lowest BCUT2D eigenvalue weighted by atomic mass is 10.1. The number of aliphatic hydroxyl groups excluding tert-OH is 1. The number of hydrogen-bond acceptors (Lipinski definition) is 5. The Balaban J connectivity index is 1.73. The van der Waals surface area contributed by atoms with Crippen LogP contribution in [0, 0.1) is 0 Å². The molecular formula is C17H21N3O3S. The quantitative estimate of drug-likeness (QED) is 0.827. The molecule has 1 saturated carbocycles. The third-order valence-electron chi connectivity index (χ3n) is 4.32. The summed E-state index contributed by atoms with van der Waals surface area (Å²) in [7, 11) is -3.56. The first-order valence-electron chi connectivity index (χ1n) is 8.10. The third-order valence-corrected chi connectivity index (χ3v) is 5.86. The van der Waals surface area contributed by atoms with Crippen molar-refractivity contribution in [1.29, 1.82) is 0 Å². The molecule has 7 heteroatoms. The molecule has 0 saturated heterocycles. The molecule has 24 heavy (non-hydrogen) atoms. The van der Waals surface area contributed by atoms with Gasteiger partial charge in [0.2, 0.25) is 10.0 Å². The Morgan fingerprint density at radius 2 is 1.67 bits per heavy atom. The average molecular weight is 347 g/mol. The van der Waals surface area contributed by atoms with Gasteiger partial charge in [-0.3, -0.25) is 0 Å². The minimum atomic E-state index is -3.56. The van der Waals surface area contributed by atoms with Crippen LogP contribution in [0.25, 0.3) is 11.1 Å². The van der Waals surface area contributed by atoms with Gasteiger partial charge >= 0.3 is 0 Å². The largest absolute Gasteiger partial charge is 0.393 e. The molecule has 2 atom stereocenters. The van der Waals surface area contributed by atoms with Gasteiger partial charge in [-0.25, -0.2) is 23.1 Å². The highest BCUT2D eigenvalue weighted by Crippen LogP contribution is 2.22. The molecule has 0 spiro atoms. The highest BCUT2D eigenvalue weighted by Gasteiger charge is 2.23. The zero-order valence-corrected chi connectivity index (χ0v) is 14.1. The SMILES string of the molecule is O=S(=O)(NC1CCCC(O)CC1)c1ccc(-c2cncnc2)cc1. The van der Waals surface area contributed by atoms with E-state index in [1.165, 1.54) is 6.33 Å². The standard InChI is InChI=1S/C17H21N3O3S/c21-16-3-1-2-15(6-7-16)20-24(22,23)17-8-4-13(5-9-17)14-10-18-12-19-11-14/h4-5,8-12,15-16,20-21H,1-3,6-7H2. The monoisotopic (exact) mass is 347 g/mol. The number of benzene rings is 1. The molecule has 1 aromatic heterocycles. The van der Waals surface area contributed by atoms with Gasteiger partial charge in [-0.15, -0.1) is 0 Å². The Morgan fingerprint density at radius 1 is 0.958 bits per heavy atom. The van der Waals surface area contributed by atoms with Gasteiger partial charge in [-0.05, 0) is 49.8 Å². The number of aliphatic hydroxyl groups is 1. The zero-order chi connectivity index (χ0) is 17.0. The lowest BCUT2D eigenvalue weighted by molar-refractivity contribution is 0.157. The van der Waals surface area contributed by atoms with E-state index >= 15 is 0 Å². The van der Waals surface area contributed by atoms with E-state index in [4.69, 9.17) is 0 Å². The van der Waals surface area contributed by atoms with Crippen LogP contribution < -0.4 is 4.72 Å². The Labute approximate surface area is 142 Å². The normalized spacial score (nSPS) is 22.0. The Bertz CT molecular complexity index is 763. The summed E-state index contributed by atoms with van der Waals surface area (Å²) < 4.78 is 27.9. The van der Waals surface area contributed by atoms with Crippen LogP contribution in [0.1, 0.15) is 32.1 Å². The summed E-state index contributed by atoms with van der Waals surface area (Å²) in [5.74, 6) is 0. The number of nitrogens with zero attached hydrogens (tertiary/aromatic N) is 2. The molecular weight excluding hydrogens is 326 g/mol. The van der Waals surface area contributed by atoms with Crippen LogP contribution in [-0.4, -0.2) is 35.6 Å². The molecule has 0 amide bonds. The molecule has 1 fully saturated rings. The summed E-state index contributed by atoms with van der Waals surface area (Å²) in [5, 5.41) is 9.67. The first kappa shape index (κ1) is 17.0. The van der Waals surface area contributed by atoms with Crippen LogP contribution >= 0.6 is 0 Å². The van der Waals surface area contributed by atoms with Gasteiger partial charge in [0, 0.05) is 24.0 Å². The summed E-state index contributed by atoms with van der Waals surface area (Å²) in [6, 6.07) is 6.58. The Morgan fingerprint density at radius 3 is 2.38 bits per heavy atom. The van der Waals surface area contributed by atoms with Crippen molar-refractivity contribution < 1.29 is 13.5 Å². The molecule has 2 aromatic rings. The molecule has 6 nitrogen and oxygen atoms in total. The fourth-order valence-corrected chi connectivity index (χ4v) is 4.27. The maximum Gasteiger partial charge on any atom is 0.240 e. The van der Waals surface area contributed by atoms with Crippen LogP contribution in [0.15, 0.2) is 47.9 Å². The molecule has 2 N–H and O–H groups in total. The highest BCUT2D eigenvalue weighted by molar-refractivity contribution is 7.89. The first-order chi connectivity index (χ1) is 11.5. The summed E-state index contributed by atoms with van der Waals surface area (Å²) in [6.45, 7) is 0. The summed E-state index contributed by atoms with van der Waals surface area (Å²) in [4.78, 5) is 8.17. The number of sulfonamides is 1. The van der Waals surface area contributed by atoms with E-state index < -0.39 is 10.0 Å². The third kappa shape index (κ3) is 4.17. The fraction of sp³-hybridized carbons (Fsp3) is 0.412. The van der Waals surface area contributed by atoms with E-state index in [1.807, 2.05) is 0 Å². The predicted molar refractivity (Wildman–Crippen MR) is 90.7 cm³/mol. The Hall–Kier alpha value is -1.83. The highest BCUT2D eigenvalue weighted by atomic mass is 32.2. The average Bonchev–Trinajstić information content (AvgIpc) is 2.80. The van der Waals surface area contributed by atoms with Gasteiger partial charge in [0.15, 0.2) is 0 Å². The molecule has 128 valence electrons. The van der Waals surface area contributed by atoms with Gasteiger partial charge in [0.1, 0.15) is 6.33 Å². The van der Waals surface area contributed by atoms with Crippen molar-refractivity contribution in [1.82, 2.24) is 14.7 Å². The second-order valence-electron chi connectivity index (χ2n) is 6.13. The minimum Gasteiger partial charge on any atom is -0.393 e. The van der Waals surface area contributed by atoms with Crippen molar-refractivity contribution in [3.8, 4) is 11.1 Å². The maximum atomic E-state index is 12.5. The van der Waals surface area contributed by atoms with Crippen LogP contribution in [0.4, 0.5) is 0 Å². The van der Waals surface area contributed by atoms with Crippen molar-refractivity contribution in [2.24, 2.45) is 0 Å². The number of aromatic nitrogens is 2. The van der Waals surface area contributed by atoms with E-state index in [0.29, 0.717) is 12.8 Å². The Kier molecular flexibility index (Phi) is 5.23. The van der Waals surface area contributed by atoms with Crippen molar-refractivity contribution >= 4 is 10.0 Å². The second kappa shape index (κ2) is 7.38. The summed E-state index contributed by atoms with van der Waals surface area (Å²) >= 11 is 0. The fourth-order valence-electron chi connectivity index (χ4n) is 2.96. The number of nitrogens with one attached hydrogen (secondary N) is 1. The first-order valence-corrected chi connectivity index (χ1v) is 9.59. The van der Waals surface area contributed by atoms with E-state index in [-0.39, 0.29) is 17.0 Å². The van der Waals surface area contributed by atoms with Crippen molar-refractivity contribution in [3.05, 3.63) is 43.0 Å². The van der Waals surface area contributed by atoms with Crippen LogP contribution in [-0.2, 0) is 10.0 Å². The second-order valence-corrected chi connectivity index (χ2v) is 7.85. The maximum absolute atomic E-state index is 12.5. The van der Waals surface area contributed by atoms with Crippen LogP contribution in [0.5, 0.6) is 0 Å². The number of rotatable bonds is 4. The van der Waals surface area contributed by atoms with Crippen molar-refractivity contribution in [3.63, 3.8) is 0 Å². The van der Waals surface area contributed by atoms with Gasteiger partial charge in [0.05, 0.1) is 11.0 Å². The summed E-state index contributed by atoms with van der Waals surface area (Å²) in [5.41, 5.74) is 1.71. The lowest BCUT2D eigenvalue weighted by Crippen LogP contribution is -2.34. The molecule has 1 aliphatic carbocycles. The van der Waals surface area contributed by atoms with Crippen molar-refractivity contribution in [2.45, 2.75) is 49.1 Å². The molecule has 0 aliphatic heterocycles. The lowest BCUT2D eigenvalue weighted by Gasteiger charge is -2.16. The van der Waals surface area contributed by atoms with Crippen LogP contribution in [0.2, 0.25) is 0 Å². The van der Waals surface area contributed by atoms with Gasteiger partial charge in [-0.2, -0.15) is 0 Å². The van der Waals surface area contributed by atoms with Gasteiger partial charge in [0.25, 0.3) is 0 Å². The molecule has 0 bridgehead atoms. The van der Waals surface area contributed by atoms with E-state index in [0.717, 1.165) is 30.4 Å². The molecule has 1 aliphatic rings. The molecule has 0 radical (unpaired) electrons. The van der Waals surface area contributed by atoms with Gasteiger partial charge < -0.3 is 5.11 Å². The van der Waals surface area contributed by atoms with E-state index in [2.05, 4.69) is 14.7 Å². The van der Waals surface area contributed by atoms with Crippen molar-refractivity contribution in [2.75, 3.05) is 0 Å². The zero-order valence-electron chi connectivity index (χ0n) is 13.3. The molecule has 2 unspecified atom stereocenters. The smallest absolute Gasteiger partial charge is 0.240 e. The predicted octanol–water partition coefficient (Wildman–Crippen LogP) is 2.12. The minimum absolute atomic E-state index is 0.116. The number of hydrogen-bond donors (Lipinski definition) is 2. The molecule has 3 rings (SSSR count). The van der Waals surface area contributed by atoms with Gasteiger partial charge in [-0.1, -0.05) is 12.1 Å². The summed E-state index contributed by atoms with van der Waals surface area (Å²) in [6.07, 6.45) is 8.16. The molecule has 1 heterocycles. The van der Waals surface area contributed by atoms with E-state index in [1.54, 1.807) is 36.7 Å². The van der Waals surface area contributed by atoms with Crippen LogP contribution in [0.3, 0.4) is 0 Å². The van der Waals surface area contributed by atoms with E-state index in [9.17, 15) is 13.5 Å².